The van der Waals surface area contributed by atoms with Crippen molar-refractivity contribution in [2.45, 2.75) is 4.90 Å². The molecule has 0 radical (unpaired) electrons. The summed E-state index contributed by atoms with van der Waals surface area (Å²) in [6, 6.07) is 12.5. The van der Waals surface area contributed by atoms with Gasteiger partial charge in [-0.25, -0.2) is 12.7 Å². The second-order valence-electron chi connectivity index (χ2n) is 7.90. The average molecular weight is 489 g/mol. The van der Waals surface area contributed by atoms with Crippen molar-refractivity contribution < 1.29 is 27.5 Å². The number of nitrogens with one attached hydrogen (secondary N) is 1. The van der Waals surface area contributed by atoms with Crippen LogP contribution in [0.1, 0.15) is 20.7 Å². The zero-order chi connectivity index (χ0) is 24.9. The lowest BCUT2D eigenvalue weighted by atomic mass is 10.1. The van der Waals surface area contributed by atoms with Gasteiger partial charge in [0.2, 0.25) is 15.9 Å². The molecule has 34 heavy (non-hydrogen) atoms. The highest BCUT2D eigenvalue weighted by Crippen LogP contribution is 2.16. The van der Waals surface area contributed by atoms with Crippen LogP contribution >= 0.6 is 0 Å². The van der Waals surface area contributed by atoms with Crippen LogP contribution in [0.4, 0.5) is 0 Å². The molecule has 1 fully saturated rings. The Morgan fingerprint density at radius 1 is 0.941 bits per heavy atom. The molecular formula is C23H28N4O6S. The average Bonchev–Trinajstić information content (AvgIpc) is 2.86. The van der Waals surface area contributed by atoms with Crippen molar-refractivity contribution in [3.8, 4) is 5.75 Å². The number of nitrogens with zero attached hydrogens (tertiary/aromatic N) is 3. The van der Waals surface area contributed by atoms with Gasteiger partial charge in [0.15, 0.2) is 0 Å². The number of sulfonamides is 1. The van der Waals surface area contributed by atoms with Gasteiger partial charge in [0.05, 0.1) is 18.6 Å². The summed E-state index contributed by atoms with van der Waals surface area (Å²) in [5, 5.41) is 2.54. The number of hydrogen-bond donors (Lipinski definition) is 1. The molecule has 1 aliphatic heterocycles. The predicted octanol–water partition coefficient (Wildman–Crippen LogP) is 0.660. The fourth-order valence-corrected chi connectivity index (χ4v) is 4.40. The first-order chi connectivity index (χ1) is 16.1. The van der Waals surface area contributed by atoms with E-state index in [2.05, 4.69) is 5.32 Å². The number of carbonyl (C=O) groups is 3. The second kappa shape index (κ2) is 10.7. The maximum Gasteiger partial charge on any atom is 0.253 e. The molecule has 11 heteroatoms. The minimum Gasteiger partial charge on any atom is -0.497 e. The van der Waals surface area contributed by atoms with Gasteiger partial charge in [-0.3, -0.25) is 14.4 Å². The van der Waals surface area contributed by atoms with Crippen molar-refractivity contribution in [1.29, 1.82) is 0 Å². The van der Waals surface area contributed by atoms with Crippen LogP contribution < -0.4 is 10.1 Å². The summed E-state index contributed by atoms with van der Waals surface area (Å²) in [6.07, 6.45) is 0. The van der Waals surface area contributed by atoms with E-state index in [4.69, 9.17) is 4.74 Å². The Morgan fingerprint density at radius 3 is 2.15 bits per heavy atom. The first kappa shape index (κ1) is 25.2. The molecule has 10 nitrogen and oxygen atoms in total. The van der Waals surface area contributed by atoms with Crippen molar-refractivity contribution in [3.63, 3.8) is 0 Å². The van der Waals surface area contributed by atoms with Gasteiger partial charge in [0.25, 0.3) is 11.8 Å². The predicted molar refractivity (Wildman–Crippen MR) is 125 cm³/mol. The minimum absolute atomic E-state index is 0.00544. The summed E-state index contributed by atoms with van der Waals surface area (Å²) in [4.78, 5) is 41.0. The van der Waals surface area contributed by atoms with E-state index >= 15 is 0 Å². The third-order valence-electron chi connectivity index (χ3n) is 5.53. The normalized spacial score (nSPS) is 14.1. The van der Waals surface area contributed by atoms with Crippen LogP contribution in [0.15, 0.2) is 53.4 Å². The number of hydrogen-bond acceptors (Lipinski definition) is 6. The Labute approximate surface area is 199 Å². The van der Waals surface area contributed by atoms with Gasteiger partial charge in [-0.05, 0) is 42.5 Å². The Hall–Kier alpha value is -3.44. The van der Waals surface area contributed by atoms with Crippen LogP contribution in [-0.2, 0) is 14.8 Å². The summed E-state index contributed by atoms with van der Waals surface area (Å²) in [5.41, 5.74) is 0.692. The molecular weight excluding hydrogens is 460 g/mol. The summed E-state index contributed by atoms with van der Waals surface area (Å²) >= 11 is 0. The molecule has 0 aliphatic carbocycles. The smallest absolute Gasteiger partial charge is 0.253 e. The number of methoxy groups -OCH3 is 1. The molecule has 1 saturated heterocycles. The van der Waals surface area contributed by atoms with Crippen molar-refractivity contribution in [3.05, 3.63) is 59.7 Å². The Morgan fingerprint density at radius 2 is 1.56 bits per heavy atom. The minimum atomic E-state index is -3.68. The van der Waals surface area contributed by atoms with Gasteiger partial charge >= 0.3 is 0 Å². The van der Waals surface area contributed by atoms with E-state index in [1.165, 1.54) is 38.4 Å². The molecule has 0 aromatic heterocycles. The third kappa shape index (κ3) is 5.72. The van der Waals surface area contributed by atoms with Crippen LogP contribution in [0.25, 0.3) is 0 Å². The van der Waals surface area contributed by atoms with E-state index in [0.717, 1.165) is 4.31 Å². The Balaban J connectivity index is 1.51. The number of ether oxygens (including phenoxy) is 1. The summed E-state index contributed by atoms with van der Waals surface area (Å²) in [5.74, 6) is -0.268. The van der Waals surface area contributed by atoms with Gasteiger partial charge < -0.3 is 19.9 Å². The summed E-state index contributed by atoms with van der Waals surface area (Å²) in [7, 11) is 0.696. The molecule has 1 heterocycles. The lowest BCUT2D eigenvalue weighted by molar-refractivity contribution is -0.131. The van der Waals surface area contributed by atoms with Gasteiger partial charge in [0, 0.05) is 51.4 Å². The van der Waals surface area contributed by atoms with Crippen molar-refractivity contribution >= 4 is 27.7 Å². The topological polar surface area (TPSA) is 116 Å². The second-order valence-corrected chi connectivity index (χ2v) is 10.1. The molecule has 0 bridgehead atoms. The maximum atomic E-state index is 12.7. The SMILES string of the molecule is COc1ccc(C(=O)N2CCN(C(=O)CNC(=O)c3cccc(S(=O)(=O)N(C)C)c3)CC2)cc1. The first-order valence-electron chi connectivity index (χ1n) is 10.7. The highest BCUT2D eigenvalue weighted by molar-refractivity contribution is 7.89. The Kier molecular flexibility index (Phi) is 7.90. The van der Waals surface area contributed by atoms with Gasteiger partial charge in [-0.15, -0.1) is 0 Å². The van der Waals surface area contributed by atoms with Crippen LogP contribution in [0, 0.1) is 0 Å². The van der Waals surface area contributed by atoms with Crippen molar-refractivity contribution in [2.75, 3.05) is 53.9 Å². The van der Waals surface area contributed by atoms with E-state index in [1.807, 2.05) is 0 Å². The van der Waals surface area contributed by atoms with Crippen LogP contribution in [0.5, 0.6) is 5.75 Å². The zero-order valence-corrected chi connectivity index (χ0v) is 20.2. The molecule has 182 valence electrons. The fourth-order valence-electron chi connectivity index (χ4n) is 3.45. The molecule has 0 saturated carbocycles. The maximum absolute atomic E-state index is 12.7. The summed E-state index contributed by atoms with van der Waals surface area (Å²) < 4.78 is 30.7. The standard InChI is InChI=1S/C23H28N4O6S/c1-25(2)34(31,32)20-6-4-5-18(15-20)22(29)24-16-21(28)26-11-13-27(14-12-26)23(30)17-7-9-19(33-3)10-8-17/h4-10,15H,11-14,16H2,1-3H3,(H,24,29). The summed E-state index contributed by atoms with van der Waals surface area (Å²) in [6.45, 7) is 1.25. The highest BCUT2D eigenvalue weighted by atomic mass is 32.2. The highest BCUT2D eigenvalue weighted by Gasteiger charge is 2.25. The molecule has 0 spiro atoms. The largest absolute Gasteiger partial charge is 0.497 e. The number of amides is 3. The molecule has 3 amide bonds. The molecule has 2 aromatic carbocycles. The molecule has 2 aromatic rings. The monoisotopic (exact) mass is 488 g/mol. The lowest BCUT2D eigenvalue weighted by Gasteiger charge is -2.34. The fraction of sp³-hybridized carbons (Fsp3) is 0.348. The third-order valence-corrected chi connectivity index (χ3v) is 7.34. The van der Waals surface area contributed by atoms with Crippen LogP contribution in [-0.4, -0.2) is 94.2 Å². The van der Waals surface area contributed by atoms with Crippen LogP contribution in [0.2, 0.25) is 0 Å². The number of benzene rings is 2. The van der Waals surface area contributed by atoms with E-state index in [9.17, 15) is 22.8 Å². The molecule has 0 atom stereocenters. The number of piperazine rings is 1. The lowest BCUT2D eigenvalue weighted by Crippen LogP contribution is -2.52. The van der Waals surface area contributed by atoms with E-state index < -0.39 is 15.9 Å². The number of rotatable bonds is 7. The van der Waals surface area contributed by atoms with Gasteiger partial charge in [-0.1, -0.05) is 6.07 Å². The van der Waals surface area contributed by atoms with E-state index in [-0.39, 0.29) is 28.8 Å². The van der Waals surface area contributed by atoms with E-state index in [0.29, 0.717) is 37.5 Å². The van der Waals surface area contributed by atoms with E-state index in [1.54, 1.807) is 41.2 Å². The molecule has 1 aliphatic rings. The number of carbonyl (C=O) groups excluding carboxylic acids is 3. The Bertz CT molecular complexity index is 1160. The first-order valence-corrected chi connectivity index (χ1v) is 12.1. The molecule has 0 unspecified atom stereocenters. The zero-order valence-electron chi connectivity index (χ0n) is 19.4. The van der Waals surface area contributed by atoms with Gasteiger partial charge in [0.1, 0.15) is 5.75 Å². The quantitative estimate of drug-likeness (QED) is 0.612. The van der Waals surface area contributed by atoms with Crippen molar-refractivity contribution in [2.24, 2.45) is 0 Å². The molecule has 3 rings (SSSR count). The van der Waals surface area contributed by atoms with Crippen LogP contribution in [0.3, 0.4) is 0 Å². The van der Waals surface area contributed by atoms with Gasteiger partial charge in [-0.2, -0.15) is 0 Å². The van der Waals surface area contributed by atoms with Crippen molar-refractivity contribution in [1.82, 2.24) is 19.4 Å². The molecule has 1 N–H and O–H groups in total.